The molecule has 1 N–H and O–H groups in total. The van der Waals surface area contributed by atoms with E-state index in [1.165, 1.54) is 4.31 Å². The maximum Gasteiger partial charge on any atom is 0.247 e. The van der Waals surface area contributed by atoms with Crippen molar-refractivity contribution < 1.29 is 13.2 Å². The Morgan fingerprint density at radius 1 is 1.24 bits per heavy atom. The van der Waals surface area contributed by atoms with Gasteiger partial charge in [-0.25, -0.2) is 8.42 Å². The number of benzene rings is 1. The van der Waals surface area contributed by atoms with Crippen molar-refractivity contribution in [2.45, 2.75) is 51.5 Å². The second kappa shape index (κ2) is 6.38. The number of aryl methyl sites for hydroxylation is 4. The molecule has 6 nitrogen and oxygen atoms in total. The van der Waals surface area contributed by atoms with Gasteiger partial charge in [-0.05, 0) is 52.2 Å². The first-order chi connectivity index (χ1) is 11.7. The third-order valence-corrected chi connectivity index (χ3v) is 6.96. The van der Waals surface area contributed by atoms with Gasteiger partial charge in [0, 0.05) is 12.1 Å². The van der Waals surface area contributed by atoms with Crippen molar-refractivity contribution in [3.8, 4) is 0 Å². The molecule has 0 spiro atoms. The van der Waals surface area contributed by atoms with Gasteiger partial charge in [0.25, 0.3) is 0 Å². The van der Waals surface area contributed by atoms with E-state index in [2.05, 4.69) is 10.2 Å². The Morgan fingerprint density at radius 3 is 2.60 bits per heavy atom. The summed E-state index contributed by atoms with van der Waals surface area (Å²) in [5.74, 6) is -0.124. The second-order valence-electron chi connectivity index (χ2n) is 6.72. The smallest absolute Gasteiger partial charge is 0.247 e. The molecule has 0 saturated carbocycles. The van der Waals surface area contributed by atoms with Crippen LogP contribution in [0.25, 0.3) is 0 Å². The van der Waals surface area contributed by atoms with Gasteiger partial charge in [-0.1, -0.05) is 17.7 Å². The molecular weight excluding hydrogens is 338 g/mol. The van der Waals surface area contributed by atoms with E-state index >= 15 is 0 Å². The average molecular weight is 361 g/mol. The monoisotopic (exact) mass is 361 g/mol. The molecule has 134 valence electrons. The summed E-state index contributed by atoms with van der Waals surface area (Å²) in [4.78, 5) is 13.3. The van der Waals surface area contributed by atoms with Crippen molar-refractivity contribution in [1.29, 1.82) is 0 Å². The van der Waals surface area contributed by atoms with Gasteiger partial charge in [0.05, 0.1) is 17.4 Å². The first-order valence-corrected chi connectivity index (χ1v) is 9.82. The van der Waals surface area contributed by atoms with E-state index in [0.29, 0.717) is 36.3 Å². The van der Waals surface area contributed by atoms with Crippen molar-refractivity contribution in [2.24, 2.45) is 0 Å². The predicted octanol–water partition coefficient (Wildman–Crippen LogP) is 2.68. The van der Waals surface area contributed by atoms with Crippen LogP contribution in [0.5, 0.6) is 0 Å². The first kappa shape index (κ1) is 17.8. The fraction of sp³-hybridized carbons (Fsp3) is 0.444. The van der Waals surface area contributed by atoms with E-state index in [0.717, 1.165) is 11.1 Å². The lowest BCUT2D eigenvalue weighted by Crippen LogP contribution is -2.41. The topological polar surface area (TPSA) is 83.1 Å². The molecule has 2 heterocycles. The number of nitrogens with one attached hydrogen (secondary N) is 1. The highest BCUT2D eigenvalue weighted by Gasteiger charge is 2.41. The van der Waals surface area contributed by atoms with E-state index in [1.54, 1.807) is 13.8 Å². The molecule has 1 unspecified atom stereocenters. The minimum atomic E-state index is -3.76. The van der Waals surface area contributed by atoms with Crippen molar-refractivity contribution in [3.05, 3.63) is 46.3 Å². The number of Topliss-reactive ketones (excluding diaryl/α,β-unsaturated/α-hetero) is 1. The summed E-state index contributed by atoms with van der Waals surface area (Å²) in [7, 11) is -3.76. The number of aromatic amines is 1. The van der Waals surface area contributed by atoms with Gasteiger partial charge in [0.2, 0.25) is 10.0 Å². The Morgan fingerprint density at radius 2 is 1.96 bits per heavy atom. The lowest BCUT2D eigenvalue weighted by Gasteiger charge is -2.24. The summed E-state index contributed by atoms with van der Waals surface area (Å²) in [5.41, 5.74) is 3.40. The fourth-order valence-corrected chi connectivity index (χ4v) is 5.50. The minimum absolute atomic E-state index is 0.124. The number of hydrogen-bond acceptors (Lipinski definition) is 4. The fourth-order valence-electron chi connectivity index (χ4n) is 3.51. The van der Waals surface area contributed by atoms with Crippen LogP contribution in [0.15, 0.2) is 23.1 Å². The number of H-pyrrole nitrogens is 1. The lowest BCUT2D eigenvalue weighted by molar-refractivity contribution is 0.0917. The molecule has 1 saturated heterocycles. The first-order valence-electron chi connectivity index (χ1n) is 8.38. The molecule has 1 fully saturated rings. The largest absolute Gasteiger partial charge is 0.292 e. The predicted molar refractivity (Wildman–Crippen MR) is 95.2 cm³/mol. The standard InChI is InChI=1S/C18H23N3O3S/c1-11-7-8-12(2)15(10-11)17(22)16-6-5-9-21(16)25(23,24)18-13(3)19-20-14(18)4/h7-8,10,16H,5-6,9H2,1-4H3,(H,19,20). The average Bonchev–Trinajstić information content (AvgIpc) is 3.16. The summed E-state index contributed by atoms with van der Waals surface area (Å²) in [6.07, 6.45) is 1.22. The molecule has 3 rings (SSSR count). The van der Waals surface area contributed by atoms with Crippen molar-refractivity contribution >= 4 is 15.8 Å². The third kappa shape index (κ3) is 3.02. The van der Waals surface area contributed by atoms with Crippen molar-refractivity contribution in [2.75, 3.05) is 6.54 Å². The Labute approximate surface area is 148 Å². The van der Waals surface area contributed by atoms with Crippen LogP contribution in [0.3, 0.4) is 0 Å². The van der Waals surface area contributed by atoms with Gasteiger partial charge >= 0.3 is 0 Å². The van der Waals surface area contributed by atoms with Gasteiger partial charge in [0.15, 0.2) is 5.78 Å². The Hall–Kier alpha value is -1.99. The molecule has 0 radical (unpaired) electrons. The van der Waals surface area contributed by atoms with Crippen molar-refractivity contribution in [1.82, 2.24) is 14.5 Å². The zero-order valence-corrected chi connectivity index (χ0v) is 15.8. The van der Waals surface area contributed by atoms with Crippen LogP contribution in [-0.2, 0) is 10.0 Å². The van der Waals surface area contributed by atoms with Crippen LogP contribution in [-0.4, -0.2) is 41.3 Å². The zero-order valence-electron chi connectivity index (χ0n) is 15.0. The van der Waals surface area contributed by atoms with Gasteiger partial charge in [-0.3, -0.25) is 9.89 Å². The minimum Gasteiger partial charge on any atom is -0.292 e. The van der Waals surface area contributed by atoms with E-state index in [-0.39, 0.29) is 10.7 Å². The molecule has 25 heavy (non-hydrogen) atoms. The molecule has 0 amide bonds. The highest BCUT2D eigenvalue weighted by Crippen LogP contribution is 2.31. The van der Waals surface area contributed by atoms with E-state index in [1.807, 2.05) is 32.0 Å². The summed E-state index contributed by atoms with van der Waals surface area (Å²) < 4.78 is 27.6. The van der Waals surface area contributed by atoms with Crippen LogP contribution < -0.4 is 0 Å². The van der Waals surface area contributed by atoms with Crippen LogP contribution in [0.4, 0.5) is 0 Å². The molecule has 1 aromatic carbocycles. The molecule has 1 aliphatic rings. The second-order valence-corrected chi connectivity index (χ2v) is 8.55. The number of hydrogen-bond donors (Lipinski definition) is 1. The Bertz CT molecular complexity index is 912. The highest BCUT2D eigenvalue weighted by atomic mass is 32.2. The van der Waals surface area contributed by atoms with Crippen molar-refractivity contribution in [3.63, 3.8) is 0 Å². The molecule has 1 atom stereocenters. The third-order valence-electron chi connectivity index (χ3n) is 4.79. The van der Waals surface area contributed by atoms with Gasteiger partial charge in [0.1, 0.15) is 4.90 Å². The van der Waals surface area contributed by atoms with E-state index < -0.39 is 16.1 Å². The number of rotatable bonds is 4. The molecule has 7 heteroatoms. The number of nitrogens with zero attached hydrogens (tertiary/aromatic N) is 2. The van der Waals surface area contributed by atoms with Crippen LogP contribution >= 0.6 is 0 Å². The molecule has 2 aromatic rings. The van der Waals surface area contributed by atoms with Gasteiger partial charge in [-0.2, -0.15) is 9.40 Å². The lowest BCUT2D eigenvalue weighted by atomic mass is 9.97. The zero-order chi connectivity index (χ0) is 18.4. The number of ketones is 1. The maximum absolute atomic E-state index is 13.1. The Balaban J connectivity index is 2.01. The summed E-state index contributed by atoms with van der Waals surface area (Å²) in [6, 6.07) is 5.04. The number of aromatic nitrogens is 2. The number of carbonyl (C=O) groups excluding carboxylic acids is 1. The summed E-state index contributed by atoms with van der Waals surface area (Å²) in [6.45, 7) is 7.51. The van der Waals surface area contributed by atoms with E-state index in [4.69, 9.17) is 0 Å². The van der Waals surface area contributed by atoms with Gasteiger partial charge < -0.3 is 0 Å². The summed E-state index contributed by atoms with van der Waals surface area (Å²) >= 11 is 0. The molecule has 1 aromatic heterocycles. The molecule has 0 aliphatic carbocycles. The quantitative estimate of drug-likeness (QED) is 0.849. The number of sulfonamides is 1. The van der Waals surface area contributed by atoms with Gasteiger partial charge in [-0.15, -0.1) is 0 Å². The highest BCUT2D eigenvalue weighted by molar-refractivity contribution is 7.89. The normalized spacial score (nSPS) is 18.6. The van der Waals surface area contributed by atoms with E-state index in [9.17, 15) is 13.2 Å². The SMILES string of the molecule is Cc1ccc(C)c(C(=O)C2CCCN2S(=O)(=O)c2c(C)n[nH]c2C)c1. The summed E-state index contributed by atoms with van der Waals surface area (Å²) in [5, 5.41) is 6.71. The van der Waals surface area contributed by atoms with Crippen LogP contribution in [0, 0.1) is 27.7 Å². The Kier molecular flexibility index (Phi) is 4.55. The number of carbonyl (C=O) groups is 1. The van der Waals surface area contributed by atoms with Crippen LogP contribution in [0.1, 0.15) is 45.7 Å². The maximum atomic E-state index is 13.1. The molecule has 0 bridgehead atoms. The van der Waals surface area contributed by atoms with Crippen LogP contribution in [0.2, 0.25) is 0 Å². The molecular formula is C18H23N3O3S. The molecule has 1 aliphatic heterocycles.